The molecule has 3 aromatic carbocycles. The lowest BCUT2D eigenvalue weighted by molar-refractivity contribution is -0.127. The Bertz CT molecular complexity index is 1150. The first-order valence-electron chi connectivity index (χ1n) is 9.76. The summed E-state index contributed by atoms with van der Waals surface area (Å²) in [7, 11) is 1.55. The highest BCUT2D eigenvalue weighted by Gasteiger charge is 2.15. The summed E-state index contributed by atoms with van der Waals surface area (Å²) in [5.74, 6) is 0.423. The van der Waals surface area contributed by atoms with E-state index >= 15 is 0 Å². The fourth-order valence-corrected chi connectivity index (χ4v) is 3.04. The van der Waals surface area contributed by atoms with Gasteiger partial charge in [0.15, 0.2) is 6.10 Å². The Morgan fingerprint density at radius 2 is 1.64 bits per heavy atom. The molecule has 7 nitrogen and oxygen atoms in total. The Hall–Kier alpha value is -3.55. The van der Waals surface area contributed by atoms with Crippen LogP contribution in [0.5, 0.6) is 17.2 Å². The van der Waals surface area contributed by atoms with Gasteiger partial charge in [-0.15, -0.1) is 0 Å². The average molecular weight is 487 g/mol. The van der Waals surface area contributed by atoms with Crippen LogP contribution in [0.2, 0.25) is 10.0 Å². The molecule has 33 heavy (non-hydrogen) atoms. The second-order valence-electron chi connectivity index (χ2n) is 6.76. The molecule has 0 aliphatic carbocycles. The Morgan fingerprint density at radius 3 is 2.27 bits per heavy atom. The van der Waals surface area contributed by atoms with Gasteiger partial charge in [0, 0.05) is 5.02 Å². The number of benzene rings is 3. The minimum Gasteiger partial charge on any atom is -0.497 e. The van der Waals surface area contributed by atoms with Crippen LogP contribution >= 0.6 is 23.2 Å². The quantitative estimate of drug-likeness (QED) is 0.206. The highest BCUT2D eigenvalue weighted by atomic mass is 35.5. The summed E-state index contributed by atoms with van der Waals surface area (Å²) >= 11 is 11.9. The Morgan fingerprint density at radius 1 is 0.970 bits per heavy atom. The minimum atomic E-state index is -0.833. The van der Waals surface area contributed by atoms with Gasteiger partial charge in [-0.2, -0.15) is 5.10 Å². The van der Waals surface area contributed by atoms with Crippen molar-refractivity contribution in [3.63, 3.8) is 0 Å². The molecule has 170 valence electrons. The van der Waals surface area contributed by atoms with Gasteiger partial charge in [-0.3, -0.25) is 4.79 Å². The van der Waals surface area contributed by atoms with Gasteiger partial charge >= 0.3 is 5.97 Å². The van der Waals surface area contributed by atoms with E-state index < -0.39 is 18.0 Å². The Kier molecular flexibility index (Phi) is 8.29. The number of methoxy groups -OCH3 is 1. The van der Waals surface area contributed by atoms with Gasteiger partial charge in [0.1, 0.15) is 17.2 Å². The molecule has 0 radical (unpaired) electrons. The fraction of sp³-hybridized carbons (Fsp3) is 0.125. The lowest BCUT2D eigenvalue weighted by Gasteiger charge is -2.14. The van der Waals surface area contributed by atoms with Crippen LogP contribution in [0, 0.1) is 0 Å². The molecule has 1 N–H and O–H groups in total. The Labute approximate surface area is 200 Å². The van der Waals surface area contributed by atoms with Gasteiger partial charge in [0.25, 0.3) is 5.91 Å². The second-order valence-corrected chi connectivity index (χ2v) is 7.60. The first-order valence-corrected chi connectivity index (χ1v) is 10.5. The summed E-state index contributed by atoms with van der Waals surface area (Å²) in [5.41, 5.74) is 3.49. The number of ether oxygens (including phenoxy) is 3. The van der Waals surface area contributed by atoms with Gasteiger partial charge in [-0.1, -0.05) is 23.2 Å². The molecule has 0 aliphatic rings. The van der Waals surface area contributed by atoms with E-state index in [9.17, 15) is 9.59 Å². The molecule has 9 heteroatoms. The molecule has 0 saturated heterocycles. The standard InChI is InChI=1S/C24H20Cl2N2O5/c1-15(32-22-12-7-18(25)13-21(22)26)23(29)28-27-14-16-3-8-20(9-4-16)33-24(30)17-5-10-19(31-2)11-6-17/h3-15H,1-2H3,(H,28,29). The zero-order chi connectivity index (χ0) is 23.8. The number of carbonyl (C=O) groups excluding carboxylic acids is 2. The van der Waals surface area contributed by atoms with Gasteiger partial charge in [-0.05, 0) is 79.2 Å². The predicted molar refractivity (Wildman–Crippen MR) is 127 cm³/mol. The number of carbonyl (C=O) groups is 2. The predicted octanol–water partition coefficient (Wildman–Crippen LogP) is 5.14. The van der Waals surface area contributed by atoms with Crippen molar-refractivity contribution in [2.75, 3.05) is 7.11 Å². The summed E-state index contributed by atoms with van der Waals surface area (Å²) in [6.45, 7) is 1.57. The summed E-state index contributed by atoms with van der Waals surface area (Å²) in [5, 5.41) is 4.69. The molecule has 1 amide bonds. The molecular formula is C24H20Cl2N2O5. The topological polar surface area (TPSA) is 86.2 Å². The normalized spacial score (nSPS) is 11.6. The van der Waals surface area contributed by atoms with E-state index in [0.717, 1.165) is 0 Å². The maximum Gasteiger partial charge on any atom is 0.343 e. The van der Waals surface area contributed by atoms with Crippen molar-refractivity contribution in [1.29, 1.82) is 0 Å². The Balaban J connectivity index is 1.50. The van der Waals surface area contributed by atoms with Crippen molar-refractivity contribution in [2.24, 2.45) is 5.10 Å². The first-order chi connectivity index (χ1) is 15.9. The average Bonchev–Trinajstić information content (AvgIpc) is 2.81. The van der Waals surface area contributed by atoms with E-state index in [2.05, 4.69) is 10.5 Å². The third-order valence-electron chi connectivity index (χ3n) is 4.37. The van der Waals surface area contributed by atoms with Crippen molar-refractivity contribution in [3.8, 4) is 17.2 Å². The van der Waals surface area contributed by atoms with Crippen LogP contribution in [0.4, 0.5) is 0 Å². The number of esters is 1. The zero-order valence-electron chi connectivity index (χ0n) is 17.7. The fourth-order valence-electron chi connectivity index (χ4n) is 2.59. The van der Waals surface area contributed by atoms with Crippen molar-refractivity contribution < 1.29 is 23.8 Å². The highest BCUT2D eigenvalue weighted by Crippen LogP contribution is 2.28. The third kappa shape index (κ3) is 6.97. The summed E-state index contributed by atoms with van der Waals surface area (Å²) < 4.78 is 16.0. The summed E-state index contributed by atoms with van der Waals surface area (Å²) in [6, 6.07) is 18.0. The van der Waals surface area contributed by atoms with Crippen molar-refractivity contribution in [3.05, 3.63) is 87.9 Å². The number of amides is 1. The molecule has 0 aliphatic heterocycles. The zero-order valence-corrected chi connectivity index (χ0v) is 19.3. The van der Waals surface area contributed by atoms with Gasteiger partial charge < -0.3 is 14.2 Å². The molecule has 0 heterocycles. The first kappa shape index (κ1) is 24.1. The molecule has 3 rings (SSSR count). The second kappa shape index (κ2) is 11.4. The molecule has 1 atom stereocenters. The summed E-state index contributed by atoms with van der Waals surface area (Å²) in [4.78, 5) is 24.4. The number of nitrogens with one attached hydrogen (secondary N) is 1. The lowest BCUT2D eigenvalue weighted by atomic mass is 10.2. The minimum absolute atomic E-state index is 0.304. The smallest absolute Gasteiger partial charge is 0.343 e. The number of hydrogen-bond donors (Lipinski definition) is 1. The van der Waals surface area contributed by atoms with Crippen LogP contribution in [0.1, 0.15) is 22.8 Å². The van der Waals surface area contributed by atoms with Crippen molar-refractivity contribution in [2.45, 2.75) is 13.0 Å². The van der Waals surface area contributed by atoms with Gasteiger partial charge in [0.2, 0.25) is 0 Å². The molecule has 0 aromatic heterocycles. The van der Waals surface area contributed by atoms with E-state index in [0.29, 0.717) is 38.4 Å². The van der Waals surface area contributed by atoms with Crippen LogP contribution in [-0.2, 0) is 4.79 Å². The molecule has 0 spiro atoms. The number of halogens is 2. The van der Waals surface area contributed by atoms with Crippen LogP contribution in [0.15, 0.2) is 71.8 Å². The van der Waals surface area contributed by atoms with E-state index in [-0.39, 0.29) is 0 Å². The molecule has 1 unspecified atom stereocenters. The monoisotopic (exact) mass is 486 g/mol. The number of hydrazone groups is 1. The SMILES string of the molecule is COc1ccc(C(=O)Oc2ccc(C=NNC(=O)C(C)Oc3ccc(Cl)cc3Cl)cc2)cc1. The molecule has 0 bridgehead atoms. The van der Waals surface area contributed by atoms with Gasteiger partial charge in [0.05, 0.1) is 23.9 Å². The van der Waals surface area contributed by atoms with Crippen LogP contribution < -0.4 is 19.6 Å². The number of hydrogen-bond acceptors (Lipinski definition) is 6. The number of nitrogens with zero attached hydrogens (tertiary/aromatic N) is 1. The highest BCUT2D eigenvalue weighted by molar-refractivity contribution is 6.35. The largest absolute Gasteiger partial charge is 0.497 e. The lowest BCUT2D eigenvalue weighted by Crippen LogP contribution is -2.33. The summed E-state index contributed by atoms with van der Waals surface area (Å²) in [6.07, 6.45) is 0.621. The van der Waals surface area contributed by atoms with Crippen molar-refractivity contribution >= 4 is 41.3 Å². The van der Waals surface area contributed by atoms with E-state index in [1.165, 1.54) is 12.3 Å². The molecule has 0 saturated carbocycles. The maximum atomic E-state index is 12.2. The van der Waals surface area contributed by atoms with Crippen LogP contribution in [0.3, 0.4) is 0 Å². The molecule has 3 aromatic rings. The maximum absolute atomic E-state index is 12.2. The molecule has 0 fully saturated rings. The van der Waals surface area contributed by atoms with E-state index in [1.807, 2.05) is 0 Å². The van der Waals surface area contributed by atoms with Crippen LogP contribution in [0.25, 0.3) is 0 Å². The number of rotatable bonds is 8. The molecular weight excluding hydrogens is 467 g/mol. The van der Waals surface area contributed by atoms with E-state index in [1.54, 1.807) is 74.7 Å². The van der Waals surface area contributed by atoms with E-state index in [4.69, 9.17) is 37.4 Å². The van der Waals surface area contributed by atoms with Crippen LogP contribution in [-0.4, -0.2) is 31.3 Å². The third-order valence-corrected chi connectivity index (χ3v) is 4.90. The van der Waals surface area contributed by atoms with Crippen molar-refractivity contribution in [1.82, 2.24) is 5.43 Å². The van der Waals surface area contributed by atoms with Gasteiger partial charge in [-0.25, -0.2) is 10.2 Å².